The average molecular weight is 569 g/mol. The fraction of sp³-hybridized carbons (Fsp3) is 0.407. The van der Waals surface area contributed by atoms with E-state index in [2.05, 4.69) is 20.9 Å². The fourth-order valence-electron chi connectivity index (χ4n) is 4.62. The lowest BCUT2D eigenvalue weighted by molar-refractivity contribution is 0.0551. The standard InChI is InChI=1S/C27H32N6O8/c1-32-12-19-14-33(31-30-19)13-18(11-16-7-5-4-6-8-16)29-27(38)28-17(15-34)9-10-20-21(25(36)39-2)22(26(37)40-3)23(41-20)24(32)35/h4-8,14,17-18,34H,9-13,15H2,1-3H3,(H2,28,29,38)/t17-,18+/m0/s1. The van der Waals surface area contributed by atoms with Gasteiger partial charge in [0.1, 0.15) is 22.6 Å². The molecule has 0 radical (unpaired) electrons. The Hall–Kier alpha value is -4.72. The maximum Gasteiger partial charge on any atom is 0.342 e. The Labute approximate surface area is 235 Å². The van der Waals surface area contributed by atoms with Crippen molar-refractivity contribution in [3.63, 3.8) is 0 Å². The van der Waals surface area contributed by atoms with Crippen LogP contribution in [0.4, 0.5) is 4.79 Å². The molecule has 14 heteroatoms. The van der Waals surface area contributed by atoms with E-state index in [9.17, 15) is 24.3 Å². The average Bonchev–Trinajstić information content (AvgIpc) is 3.58. The third kappa shape index (κ3) is 6.90. The molecule has 4 bridgehead atoms. The van der Waals surface area contributed by atoms with Crippen molar-refractivity contribution < 1.29 is 38.2 Å². The molecule has 3 N–H and O–H groups in total. The van der Waals surface area contributed by atoms with Gasteiger partial charge in [-0.1, -0.05) is 35.5 Å². The fourth-order valence-corrected chi connectivity index (χ4v) is 4.62. The molecule has 0 spiro atoms. The van der Waals surface area contributed by atoms with E-state index in [-0.39, 0.29) is 48.9 Å². The molecule has 4 rings (SSSR count). The zero-order valence-electron chi connectivity index (χ0n) is 23.0. The summed E-state index contributed by atoms with van der Waals surface area (Å²) in [5.74, 6) is -2.99. The maximum absolute atomic E-state index is 13.5. The number of methoxy groups -OCH3 is 2. The molecule has 1 aromatic carbocycles. The van der Waals surface area contributed by atoms with Gasteiger partial charge in [-0.3, -0.25) is 9.48 Å². The summed E-state index contributed by atoms with van der Waals surface area (Å²) in [6.07, 6.45) is 2.24. The third-order valence-corrected chi connectivity index (χ3v) is 6.63. The number of carbonyl (C=O) groups is 4. The van der Waals surface area contributed by atoms with Crippen LogP contribution in [0.5, 0.6) is 0 Å². The highest BCUT2D eigenvalue weighted by Crippen LogP contribution is 2.28. The van der Waals surface area contributed by atoms with Gasteiger partial charge in [0.15, 0.2) is 0 Å². The molecule has 2 aromatic heterocycles. The van der Waals surface area contributed by atoms with Crippen LogP contribution in [0.1, 0.15) is 54.7 Å². The number of aliphatic hydroxyl groups excluding tert-OH is 1. The number of esters is 2. The van der Waals surface area contributed by atoms with Gasteiger partial charge in [0.2, 0.25) is 5.76 Å². The van der Waals surface area contributed by atoms with Crippen molar-refractivity contribution in [2.75, 3.05) is 27.9 Å². The summed E-state index contributed by atoms with van der Waals surface area (Å²) in [4.78, 5) is 53.2. The summed E-state index contributed by atoms with van der Waals surface area (Å²) in [7, 11) is 3.73. The van der Waals surface area contributed by atoms with Gasteiger partial charge < -0.3 is 34.5 Å². The number of furan rings is 1. The molecule has 3 aromatic rings. The predicted octanol–water partition coefficient (Wildman–Crippen LogP) is 0.934. The van der Waals surface area contributed by atoms with Gasteiger partial charge in [-0.25, -0.2) is 14.4 Å². The van der Waals surface area contributed by atoms with Gasteiger partial charge >= 0.3 is 18.0 Å². The third-order valence-electron chi connectivity index (χ3n) is 6.63. The van der Waals surface area contributed by atoms with E-state index in [1.54, 1.807) is 10.9 Å². The van der Waals surface area contributed by atoms with E-state index in [1.807, 2.05) is 30.3 Å². The van der Waals surface area contributed by atoms with E-state index in [0.29, 0.717) is 12.1 Å². The van der Waals surface area contributed by atoms with Crippen LogP contribution in [-0.2, 0) is 35.4 Å². The first-order valence-corrected chi connectivity index (χ1v) is 12.9. The molecular formula is C27H32N6O8. The van der Waals surface area contributed by atoms with Crippen LogP contribution < -0.4 is 10.6 Å². The van der Waals surface area contributed by atoms with Crippen molar-refractivity contribution in [1.82, 2.24) is 30.5 Å². The van der Waals surface area contributed by atoms with Crippen LogP contribution in [0.25, 0.3) is 0 Å². The molecular weight excluding hydrogens is 536 g/mol. The minimum absolute atomic E-state index is 0.00684. The molecule has 0 unspecified atom stereocenters. The van der Waals surface area contributed by atoms with Crippen LogP contribution in [0.3, 0.4) is 0 Å². The molecule has 0 aliphatic carbocycles. The van der Waals surface area contributed by atoms with Gasteiger partial charge in [0.25, 0.3) is 5.91 Å². The highest BCUT2D eigenvalue weighted by Gasteiger charge is 2.36. The summed E-state index contributed by atoms with van der Waals surface area (Å²) < 4.78 is 17.1. The summed E-state index contributed by atoms with van der Waals surface area (Å²) in [5.41, 5.74) is 0.810. The quantitative estimate of drug-likeness (QED) is 0.375. The van der Waals surface area contributed by atoms with Crippen LogP contribution in [0.15, 0.2) is 40.9 Å². The van der Waals surface area contributed by atoms with Crippen molar-refractivity contribution in [3.05, 3.63) is 70.4 Å². The Morgan fingerprint density at radius 1 is 1.07 bits per heavy atom. The largest absolute Gasteiger partial charge is 0.465 e. The number of aliphatic hydroxyl groups is 1. The minimum Gasteiger partial charge on any atom is -0.465 e. The molecule has 3 heterocycles. The number of nitrogens with zero attached hydrogens (tertiary/aromatic N) is 4. The topological polar surface area (TPSA) is 178 Å². The maximum atomic E-state index is 13.5. The molecule has 0 fully saturated rings. The van der Waals surface area contributed by atoms with Crippen LogP contribution in [-0.4, -0.2) is 88.8 Å². The lowest BCUT2D eigenvalue weighted by Gasteiger charge is -2.22. The number of urea groups is 1. The number of nitrogens with one attached hydrogen (secondary N) is 2. The molecule has 0 saturated heterocycles. The smallest absolute Gasteiger partial charge is 0.342 e. The first-order chi connectivity index (χ1) is 19.7. The van der Waals surface area contributed by atoms with Gasteiger partial charge in [-0.15, -0.1) is 5.10 Å². The summed E-state index contributed by atoms with van der Waals surface area (Å²) in [6.45, 7) is -0.129. The predicted molar refractivity (Wildman–Crippen MR) is 142 cm³/mol. The number of aryl methyl sites for hydroxylation is 1. The number of ether oxygens (including phenoxy) is 2. The van der Waals surface area contributed by atoms with E-state index in [1.165, 1.54) is 11.9 Å². The van der Waals surface area contributed by atoms with Crippen molar-refractivity contribution in [2.45, 2.75) is 44.4 Å². The number of aromatic nitrogens is 3. The number of carbonyl (C=O) groups excluding carboxylic acids is 4. The van der Waals surface area contributed by atoms with Gasteiger partial charge in [0.05, 0.1) is 52.2 Å². The van der Waals surface area contributed by atoms with Crippen molar-refractivity contribution in [1.29, 1.82) is 0 Å². The molecule has 41 heavy (non-hydrogen) atoms. The number of benzene rings is 1. The molecule has 2 atom stereocenters. The van der Waals surface area contributed by atoms with Crippen LogP contribution in [0.2, 0.25) is 0 Å². The second-order valence-electron chi connectivity index (χ2n) is 9.60. The zero-order chi connectivity index (χ0) is 29.5. The van der Waals surface area contributed by atoms with Gasteiger partial charge in [-0.05, 0) is 18.4 Å². The zero-order valence-corrected chi connectivity index (χ0v) is 23.0. The summed E-state index contributed by atoms with van der Waals surface area (Å²) in [6, 6.07) is 7.96. The van der Waals surface area contributed by atoms with E-state index in [4.69, 9.17) is 13.9 Å². The Kier molecular flexibility index (Phi) is 9.34. The second-order valence-corrected chi connectivity index (χ2v) is 9.60. The molecule has 0 saturated carbocycles. The SMILES string of the molecule is COC(=O)c1c2oc(c1C(=O)OC)C(=O)N(C)Cc1cn(nn1)C[C@@H](Cc1ccccc1)NC(=O)N[C@H](CO)CC2. The number of amides is 3. The van der Waals surface area contributed by atoms with Gasteiger partial charge in [-0.2, -0.15) is 0 Å². The van der Waals surface area contributed by atoms with E-state index in [0.717, 1.165) is 19.8 Å². The van der Waals surface area contributed by atoms with Crippen LogP contribution in [0, 0.1) is 0 Å². The second kappa shape index (κ2) is 13.1. The number of hydrogen-bond donors (Lipinski definition) is 3. The Bertz CT molecular complexity index is 1400. The molecule has 1 aliphatic rings. The number of hydrogen-bond acceptors (Lipinski definition) is 10. The monoisotopic (exact) mass is 568 g/mol. The highest BCUT2D eigenvalue weighted by molar-refractivity contribution is 6.11. The lowest BCUT2D eigenvalue weighted by Crippen LogP contribution is -2.49. The Balaban J connectivity index is 1.72. The minimum atomic E-state index is -0.960. The number of rotatable bonds is 5. The van der Waals surface area contributed by atoms with E-state index >= 15 is 0 Å². The first-order valence-electron chi connectivity index (χ1n) is 12.9. The van der Waals surface area contributed by atoms with Crippen molar-refractivity contribution >= 4 is 23.9 Å². The highest BCUT2D eigenvalue weighted by atomic mass is 16.5. The van der Waals surface area contributed by atoms with Crippen LogP contribution >= 0.6 is 0 Å². The molecule has 1 aliphatic heterocycles. The number of fused-ring (bicyclic) bond motifs is 4. The molecule has 3 amide bonds. The normalized spacial score (nSPS) is 18.2. The molecule has 218 valence electrons. The first kappa shape index (κ1) is 29.3. The van der Waals surface area contributed by atoms with E-state index < -0.39 is 42.3 Å². The Morgan fingerprint density at radius 3 is 2.44 bits per heavy atom. The lowest BCUT2D eigenvalue weighted by atomic mass is 10.0. The van der Waals surface area contributed by atoms with Crippen molar-refractivity contribution in [2.24, 2.45) is 0 Å². The Morgan fingerprint density at radius 2 is 1.76 bits per heavy atom. The van der Waals surface area contributed by atoms with Gasteiger partial charge in [0, 0.05) is 13.5 Å². The summed E-state index contributed by atoms with van der Waals surface area (Å²) >= 11 is 0. The summed E-state index contributed by atoms with van der Waals surface area (Å²) in [5, 5.41) is 23.9. The van der Waals surface area contributed by atoms with Crippen molar-refractivity contribution in [3.8, 4) is 0 Å². The molecule has 14 nitrogen and oxygen atoms in total.